The summed E-state index contributed by atoms with van der Waals surface area (Å²) in [6, 6.07) is -0.232. The summed E-state index contributed by atoms with van der Waals surface area (Å²) in [4.78, 5) is 23.4. The van der Waals surface area contributed by atoms with Crippen LogP contribution in [-0.4, -0.2) is 37.4 Å². The second kappa shape index (κ2) is 4.74. The number of rotatable bonds is 3. The van der Waals surface area contributed by atoms with Gasteiger partial charge in [-0.2, -0.15) is 0 Å². The lowest BCUT2D eigenvalue weighted by atomic mass is 10.1. The molecule has 0 aromatic carbocycles. The lowest BCUT2D eigenvalue weighted by molar-refractivity contribution is -0.120. The van der Waals surface area contributed by atoms with Crippen LogP contribution in [-0.2, 0) is 4.79 Å². The van der Waals surface area contributed by atoms with E-state index in [1.54, 1.807) is 14.1 Å². The molecule has 0 spiro atoms. The van der Waals surface area contributed by atoms with Crippen LogP contribution in [0.15, 0.2) is 0 Å². The Morgan fingerprint density at radius 3 is 2.25 bits per heavy atom. The molecule has 2 amide bonds. The van der Waals surface area contributed by atoms with E-state index in [0.29, 0.717) is 0 Å². The van der Waals surface area contributed by atoms with Crippen molar-refractivity contribution in [2.75, 3.05) is 20.6 Å². The van der Waals surface area contributed by atoms with Gasteiger partial charge in [0, 0.05) is 21.4 Å². The fourth-order valence-corrected chi connectivity index (χ4v) is 0.525. The second-order valence-corrected chi connectivity index (χ2v) is 3.17. The number of carbonyl (C=O) groups is 2. The highest BCUT2D eigenvalue weighted by Gasteiger charge is 2.09. The first-order valence-electron chi connectivity index (χ1n) is 3.93. The zero-order chi connectivity index (χ0) is 9.72. The largest absolute Gasteiger partial charge is 0.331 e. The Morgan fingerprint density at radius 2 is 1.92 bits per heavy atom. The van der Waals surface area contributed by atoms with Gasteiger partial charge in [0.25, 0.3) is 0 Å². The molecule has 0 aromatic rings. The van der Waals surface area contributed by atoms with Gasteiger partial charge >= 0.3 is 6.03 Å². The van der Waals surface area contributed by atoms with Crippen LogP contribution < -0.4 is 5.32 Å². The van der Waals surface area contributed by atoms with E-state index in [0.717, 1.165) is 0 Å². The van der Waals surface area contributed by atoms with Crippen molar-refractivity contribution in [3.05, 3.63) is 0 Å². The van der Waals surface area contributed by atoms with Crippen LogP contribution in [0.3, 0.4) is 0 Å². The molecule has 0 fully saturated rings. The number of ketones is 1. The minimum Gasteiger partial charge on any atom is -0.331 e. The average molecular weight is 174 g/mol. The normalized spacial score (nSPS) is 9.75. The minimum atomic E-state index is -0.232. The van der Waals surface area contributed by atoms with Crippen molar-refractivity contribution in [2.24, 2.45) is 5.92 Å². The van der Waals surface area contributed by atoms with Crippen molar-refractivity contribution in [2.45, 2.75) is 13.8 Å². The third-order valence-corrected chi connectivity index (χ3v) is 1.46. The molecular formula is C8H18N2O2. The Bertz CT molecular complexity index is 161. The van der Waals surface area contributed by atoms with Crippen LogP contribution in [0, 0.1) is 5.92 Å². The van der Waals surface area contributed by atoms with E-state index in [1.165, 1.54) is 4.90 Å². The SMILES string of the molecule is CC(C)C(=O)CNC(=O)N(C)C.[HH]. The molecule has 0 saturated heterocycles. The van der Waals surface area contributed by atoms with Gasteiger partial charge in [0.15, 0.2) is 5.78 Å². The summed E-state index contributed by atoms with van der Waals surface area (Å²) in [5, 5.41) is 2.50. The number of hydrogen-bond acceptors (Lipinski definition) is 2. The number of nitrogens with zero attached hydrogens (tertiary/aromatic N) is 1. The van der Waals surface area contributed by atoms with E-state index in [9.17, 15) is 9.59 Å². The zero-order valence-corrected chi connectivity index (χ0v) is 8.05. The molecule has 0 radical (unpaired) electrons. The Kier molecular flexibility index (Phi) is 4.33. The molecule has 72 valence electrons. The number of nitrogens with one attached hydrogen (secondary N) is 1. The molecule has 1 N–H and O–H groups in total. The molecule has 12 heavy (non-hydrogen) atoms. The number of carbonyl (C=O) groups excluding carboxylic acids is 2. The predicted molar refractivity (Wildman–Crippen MR) is 49.0 cm³/mol. The van der Waals surface area contributed by atoms with Gasteiger partial charge in [-0.1, -0.05) is 13.8 Å². The van der Waals surface area contributed by atoms with Gasteiger partial charge in [0.05, 0.1) is 6.54 Å². The molecule has 4 heteroatoms. The lowest BCUT2D eigenvalue weighted by Gasteiger charge is -2.11. The molecule has 0 heterocycles. The van der Waals surface area contributed by atoms with Crippen LogP contribution in [0.25, 0.3) is 0 Å². The molecule has 0 saturated carbocycles. The molecule has 4 nitrogen and oxygen atoms in total. The molecule has 0 aliphatic rings. The number of Topliss-reactive ketones (excluding diaryl/α,β-unsaturated/α-hetero) is 1. The Balaban J connectivity index is 0. The van der Waals surface area contributed by atoms with Crippen LogP contribution in [0.4, 0.5) is 4.79 Å². The maximum absolute atomic E-state index is 11.0. The summed E-state index contributed by atoms with van der Waals surface area (Å²) in [6.07, 6.45) is 0. The molecule has 0 unspecified atom stereocenters. The van der Waals surface area contributed by atoms with E-state index in [1.807, 2.05) is 13.8 Å². The Morgan fingerprint density at radius 1 is 1.42 bits per heavy atom. The summed E-state index contributed by atoms with van der Waals surface area (Å²) in [7, 11) is 3.27. The molecule has 0 atom stereocenters. The third-order valence-electron chi connectivity index (χ3n) is 1.46. The summed E-state index contributed by atoms with van der Waals surface area (Å²) in [5.74, 6) is 0.0256. The molecule has 0 aliphatic heterocycles. The van der Waals surface area contributed by atoms with Crippen LogP contribution in [0.1, 0.15) is 15.3 Å². The second-order valence-electron chi connectivity index (χ2n) is 3.17. The van der Waals surface area contributed by atoms with Gasteiger partial charge in [0.2, 0.25) is 0 Å². The Labute approximate surface area is 74.4 Å². The molecular weight excluding hydrogens is 156 g/mol. The summed E-state index contributed by atoms with van der Waals surface area (Å²) >= 11 is 0. The van der Waals surface area contributed by atoms with Crippen molar-refractivity contribution < 1.29 is 11.0 Å². The first-order valence-corrected chi connectivity index (χ1v) is 3.93. The molecule has 0 aromatic heterocycles. The van der Waals surface area contributed by atoms with Gasteiger partial charge in [-0.05, 0) is 0 Å². The Hall–Kier alpha value is -1.06. The van der Waals surface area contributed by atoms with Crippen LogP contribution in [0.5, 0.6) is 0 Å². The fraction of sp³-hybridized carbons (Fsp3) is 0.750. The minimum absolute atomic E-state index is 0. The summed E-state index contributed by atoms with van der Waals surface area (Å²) in [5.41, 5.74) is 0. The first-order chi connectivity index (χ1) is 5.45. The van der Waals surface area contributed by atoms with Gasteiger partial charge in [-0.25, -0.2) is 4.79 Å². The third kappa shape index (κ3) is 3.95. The van der Waals surface area contributed by atoms with E-state index in [4.69, 9.17) is 0 Å². The average Bonchev–Trinajstić information content (AvgIpc) is 1.98. The monoisotopic (exact) mass is 174 g/mol. The highest BCUT2D eigenvalue weighted by Crippen LogP contribution is 1.92. The van der Waals surface area contributed by atoms with Crippen molar-refractivity contribution in [1.82, 2.24) is 10.2 Å². The smallest absolute Gasteiger partial charge is 0.317 e. The standard InChI is InChI=1S/C8H16N2O2.H2/c1-6(2)7(11)5-9-8(12)10(3)4;/h6H,5H2,1-4H3,(H,9,12);1H. The molecule has 0 aliphatic carbocycles. The van der Waals surface area contributed by atoms with Gasteiger partial charge in [0.1, 0.15) is 0 Å². The quantitative estimate of drug-likeness (QED) is 0.685. The van der Waals surface area contributed by atoms with E-state index >= 15 is 0 Å². The van der Waals surface area contributed by atoms with Crippen molar-refractivity contribution >= 4 is 11.8 Å². The van der Waals surface area contributed by atoms with Crippen molar-refractivity contribution in [3.8, 4) is 0 Å². The van der Waals surface area contributed by atoms with Gasteiger partial charge in [-0.15, -0.1) is 0 Å². The highest BCUT2D eigenvalue weighted by atomic mass is 16.2. The van der Waals surface area contributed by atoms with E-state index in [-0.39, 0.29) is 25.7 Å². The summed E-state index contributed by atoms with van der Waals surface area (Å²) in [6.45, 7) is 3.74. The topological polar surface area (TPSA) is 49.4 Å². The lowest BCUT2D eigenvalue weighted by Crippen LogP contribution is -2.38. The van der Waals surface area contributed by atoms with Crippen LogP contribution in [0.2, 0.25) is 0 Å². The van der Waals surface area contributed by atoms with Gasteiger partial charge < -0.3 is 10.2 Å². The van der Waals surface area contributed by atoms with Gasteiger partial charge in [-0.3, -0.25) is 4.79 Å². The number of hydrogen-bond donors (Lipinski definition) is 1. The highest BCUT2D eigenvalue weighted by molar-refractivity contribution is 5.86. The number of amides is 2. The summed E-state index contributed by atoms with van der Waals surface area (Å²) < 4.78 is 0. The van der Waals surface area contributed by atoms with Crippen molar-refractivity contribution in [3.63, 3.8) is 0 Å². The zero-order valence-electron chi connectivity index (χ0n) is 8.05. The maximum Gasteiger partial charge on any atom is 0.317 e. The first kappa shape index (κ1) is 10.9. The predicted octanol–water partition coefficient (Wildman–Crippen LogP) is 0.729. The number of urea groups is 1. The molecule has 0 bridgehead atoms. The fourth-order valence-electron chi connectivity index (χ4n) is 0.525. The van der Waals surface area contributed by atoms with E-state index < -0.39 is 0 Å². The maximum atomic E-state index is 11.0. The van der Waals surface area contributed by atoms with E-state index in [2.05, 4.69) is 5.32 Å². The molecule has 0 rings (SSSR count). The van der Waals surface area contributed by atoms with Crippen LogP contribution >= 0.6 is 0 Å². The van der Waals surface area contributed by atoms with Crippen molar-refractivity contribution in [1.29, 1.82) is 0 Å².